The molecule has 1 aliphatic carbocycles. The molecule has 6 nitrogen and oxygen atoms in total. The molecular weight excluding hydrogens is 404 g/mol. The number of quaternary nitrogens is 1. The summed E-state index contributed by atoms with van der Waals surface area (Å²) in [6.45, 7) is 7.98. The van der Waals surface area contributed by atoms with Crippen LogP contribution in [0.15, 0.2) is 36.4 Å². The molecule has 168 valence electrons. The molecule has 1 aromatic rings. The first-order valence-electron chi connectivity index (χ1n) is 11.9. The third-order valence-corrected chi connectivity index (χ3v) is 9.80. The Kier molecular flexibility index (Phi) is 3.70. The first-order chi connectivity index (χ1) is 15.6. The number of carbonyl (C=O) groups is 1. The number of carbonyl (C=O) groups excluding carboxylic acids is 1. The molecule has 7 atom stereocenters. The molecule has 5 heterocycles. The number of fused-ring (bicyclic) bond motifs is 2. The average molecular weight is 436 g/mol. The lowest BCUT2D eigenvalue weighted by Gasteiger charge is -2.60. The summed E-state index contributed by atoms with van der Waals surface area (Å²) in [5, 5.41) is 0. The van der Waals surface area contributed by atoms with Crippen molar-refractivity contribution in [3.63, 3.8) is 0 Å². The number of nitrogens with zero attached hydrogens (tertiary/aromatic N) is 2. The summed E-state index contributed by atoms with van der Waals surface area (Å²) in [6, 6.07) is 4.87. The summed E-state index contributed by atoms with van der Waals surface area (Å²) < 4.78 is 18.8. The minimum Gasteiger partial charge on any atom is -0.493 e. The van der Waals surface area contributed by atoms with Crippen molar-refractivity contribution in [2.75, 3.05) is 45.4 Å². The molecule has 1 unspecified atom stereocenters. The highest BCUT2D eigenvalue weighted by Crippen LogP contribution is 2.68. The number of piperidine rings is 2. The maximum absolute atomic E-state index is 13.7. The minimum atomic E-state index is -0.0629. The number of rotatable bonds is 4. The van der Waals surface area contributed by atoms with Gasteiger partial charge in [0.15, 0.2) is 11.5 Å². The van der Waals surface area contributed by atoms with Gasteiger partial charge < -0.3 is 23.6 Å². The van der Waals surface area contributed by atoms with Gasteiger partial charge in [0.1, 0.15) is 12.6 Å². The molecular formula is C26H31N2O4+. The molecule has 2 bridgehead atoms. The van der Waals surface area contributed by atoms with Crippen LogP contribution in [0.5, 0.6) is 11.5 Å². The van der Waals surface area contributed by atoms with Gasteiger partial charge in [-0.1, -0.05) is 12.7 Å². The van der Waals surface area contributed by atoms with Crippen LogP contribution >= 0.6 is 0 Å². The van der Waals surface area contributed by atoms with Crippen molar-refractivity contribution < 1.29 is 23.5 Å². The fourth-order valence-electron chi connectivity index (χ4n) is 8.86. The topological polar surface area (TPSA) is 48.0 Å². The summed E-state index contributed by atoms with van der Waals surface area (Å²) in [4.78, 5) is 15.8. The predicted octanol–water partition coefficient (Wildman–Crippen LogP) is 2.81. The van der Waals surface area contributed by atoms with Crippen molar-refractivity contribution in [1.82, 2.24) is 0 Å². The second-order valence-electron chi connectivity index (χ2n) is 10.6. The van der Waals surface area contributed by atoms with Crippen LogP contribution in [0.25, 0.3) is 0 Å². The molecule has 6 heteroatoms. The van der Waals surface area contributed by atoms with Crippen molar-refractivity contribution in [3.05, 3.63) is 42.0 Å². The van der Waals surface area contributed by atoms with E-state index in [1.807, 2.05) is 0 Å². The highest BCUT2D eigenvalue weighted by Gasteiger charge is 2.76. The van der Waals surface area contributed by atoms with Crippen molar-refractivity contribution in [2.24, 2.45) is 11.8 Å². The molecule has 0 aromatic heterocycles. The SMILES string of the molecule is C=CC[N+]12CC[C@@]34c5cc(OC)c(OC)cc5N5C(=O)C[C@@H]6OCC=C(C1)[C@H](C[C@@H]32)[C@@H]6[C@H]54. The van der Waals surface area contributed by atoms with E-state index in [1.54, 1.807) is 19.8 Å². The van der Waals surface area contributed by atoms with Gasteiger partial charge in [-0.2, -0.15) is 0 Å². The van der Waals surface area contributed by atoms with Gasteiger partial charge in [0.25, 0.3) is 0 Å². The van der Waals surface area contributed by atoms with Gasteiger partial charge in [-0.15, -0.1) is 0 Å². The van der Waals surface area contributed by atoms with Gasteiger partial charge in [-0.3, -0.25) is 4.79 Å². The molecule has 1 saturated carbocycles. The van der Waals surface area contributed by atoms with Gasteiger partial charge >= 0.3 is 0 Å². The molecule has 32 heavy (non-hydrogen) atoms. The molecule has 3 saturated heterocycles. The molecule has 1 spiro atoms. The molecule has 0 N–H and O–H groups in total. The second-order valence-corrected chi connectivity index (χ2v) is 10.6. The van der Waals surface area contributed by atoms with Crippen molar-refractivity contribution >= 4 is 11.6 Å². The van der Waals surface area contributed by atoms with Crippen molar-refractivity contribution in [1.29, 1.82) is 0 Å². The molecule has 4 fully saturated rings. The maximum atomic E-state index is 13.7. The van der Waals surface area contributed by atoms with E-state index in [0.717, 1.165) is 42.0 Å². The molecule has 6 aliphatic rings. The lowest BCUT2D eigenvalue weighted by atomic mass is 9.53. The molecule has 5 aliphatic heterocycles. The monoisotopic (exact) mass is 435 g/mol. The number of benzene rings is 1. The number of ether oxygens (including phenoxy) is 3. The Balaban J connectivity index is 1.53. The van der Waals surface area contributed by atoms with E-state index < -0.39 is 0 Å². The quantitative estimate of drug-likeness (QED) is 0.539. The Morgan fingerprint density at radius 2 is 2.12 bits per heavy atom. The molecule has 7 rings (SSSR count). The predicted molar refractivity (Wildman–Crippen MR) is 120 cm³/mol. The van der Waals surface area contributed by atoms with E-state index >= 15 is 0 Å². The van der Waals surface area contributed by atoms with E-state index in [-0.39, 0.29) is 23.5 Å². The van der Waals surface area contributed by atoms with Crippen LogP contribution in [0.1, 0.15) is 24.8 Å². The van der Waals surface area contributed by atoms with Crippen LogP contribution in [0.4, 0.5) is 5.69 Å². The normalized spacial score (nSPS) is 42.2. The Bertz CT molecular complexity index is 1080. The summed E-state index contributed by atoms with van der Waals surface area (Å²) in [5.74, 6) is 2.51. The standard InChI is InChI=1S/C26H31N2O4/c1-4-7-28-8-6-26-17-11-19(30-2)20(31-3)12-18(17)27-23(29)13-21-24(25(26)27)16(10-22(26)28)15(14-28)5-9-32-21/h4-5,11-12,16,21-22,24-25H,1,6-10,13-14H2,2-3H3/q+1/t16-,21-,22-,24-,25-,26+,28?/m0/s1. The lowest BCUT2D eigenvalue weighted by Crippen LogP contribution is -2.72. The van der Waals surface area contributed by atoms with Crippen molar-refractivity contribution in [2.45, 2.75) is 42.9 Å². The molecule has 1 aromatic carbocycles. The molecule has 0 radical (unpaired) electrons. The number of hydrogen-bond donors (Lipinski definition) is 0. The van der Waals surface area contributed by atoms with E-state index in [0.29, 0.717) is 36.7 Å². The summed E-state index contributed by atoms with van der Waals surface area (Å²) in [7, 11) is 3.37. The Hall–Kier alpha value is -2.31. The maximum Gasteiger partial charge on any atom is 0.229 e. The van der Waals surface area contributed by atoms with Gasteiger partial charge in [0, 0.05) is 24.8 Å². The number of amides is 1. The van der Waals surface area contributed by atoms with Gasteiger partial charge in [-0.25, -0.2) is 0 Å². The largest absolute Gasteiger partial charge is 0.493 e. The summed E-state index contributed by atoms with van der Waals surface area (Å²) in [6.07, 6.45) is 7.20. The zero-order chi connectivity index (χ0) is 21.8. The average Bonchev–Trinajstić information content (AvgIpc) is 3.22. The van der Waals surface area contributed by atoms with Gasteiger partial charge in [0.2, 0.25) is 5.91 Å². The Morgan fingerprint density at radius 3 is 2.91 bits per heavy atom. The second kappa shape index (κ2) is 6.17. The van der Waals surface area contributed by atoms with Crippen LogP contribution in [0, 0.1) is 11.8 Å². The van der Waals surface area contributed by atoms with E-state index in [2.05, 4.69) is 35.8 Å². The number of hydrogen-bond acceptors (Lipinski definition) is 4. The summed E-state index contributed by atoms with van der Waals surface area (Å²) in [5.41, 5.74) is 3.83. The zero-order valence-corrected chi connectivity index (χ0v) is 18.9. The summed E-state index contributed by atoms with van der Waals surface area (Å²) >= 11 is 0. The van der Waals surface area contributed by atoms with Gasteiger partial charge in [-0.05, 0) is 29.2 Å². The van der Waals surface area contributed by atoms with Crippen LogP contribution in [-0.4, -0.2) is 69.0 Å². The fraction of sp³-hybridized carbons (Fsp3) is 0.577. The smallest absolute Gasteiger partial charge is 0.229 e. The highest BCUT2D eigenvalue weighted by molar-refractivity contribution is 5.99. The van der Waals surface area contributed by atoms with Gasteiger partial charge in [0.05, 0.1) is 63.6 Å². The Morgan fingerprint density at radius 1 is 1.31 bits per heavy atom. The first kappa shape index (κ1) is 19.2. The number of methoxy groups -OCH3 is 2. The van der Waals surface area contributed by atoms with Crippen LogP contribution in [-0.2, 0) is 14.9 Å². The zero-order valence-electron chi connectivity index (χ0n) is 18.9. The number of anilines is 1. The van der Waals surface area contributed by atoms with E-state index in [4.69, 9.17) is 14.2 Å². The highest BCUT2D eigenvalue weighted by atomic mass is 16.5. The van der Waals surface area contributed by atoms with E-state index in [9.17, 15) is 4.79 Å². The fourth-order valence-corrected chi connectivity index (χ4v) is 8.86. The first-order valence-corrected chi connectivity index (χ1v) is 11.9. The third kappa shape index (κ3) is 1.98. The van der Waals surface area contributed by atoms with Crippen LogP contribution in [0.2, 0.25) is 0 Å². The lowest BCUT2D eigenvalue weighted by molar-refractivity contribution is -0.937. The third-order valence-electron chi connectivity index (χ3n) is 9.80. The van der Waals surface area contributed by atoms with Crippen molar-refractivity contribution in [3.8, 4) is 11.5 Å². The molecule has 1 amide bonds. The van der Waals surface area contributed by atoms with Crippen LogP contribution in [0.3, 0.4) is 0 Å². The van der Waals surface area contributed by atoms with Crippen LogP contribution < -0.4 is 14.4 Å². The van der Waals surface area contributed by atoms with E-state index in [1.165, 1.54) is 12.0 Å². The Labute approximate surface area is 189 Å². The minimum absolute atomic E-state index is 0.0124.